The van der Waals surface area contributed by atoms with Crippen LogP contribution in [0.2, 0.25) is 0 Å². The normalized spacial score (nSPS) is 10.6. The van der Waals surface area contributed by atoms with Gasteiger partial charge >= 0.3 is 0 Å². The number of hydrogen-bond donors (Lipinski definition) is 0. The Morgan fingerprint density at radius 2 is 1.88 bits per heavy atom. The highest BCUT2D eigenvalue weighted by molar-refractivity contribution is 9.13. The third kappa shape index (κ3) is 2.69. The van der Waals surface area contributed by atoms with Crippen LogP contribution in [-0.4, -0.2) is 5.78 Å². The molecule has 0 amide bonds. The van der Waals surface area contributed by atoms with Crippen LogP contribution in [0.3, 0.4) is 0 Å². The molecule has 1 nitrogen and oxygen atoms in total. The number of ketones is 1. The number of carbonyl (C=O) groups is 1. The van der Waals surface area contributed by atoms with E-state index >= 15 is 0 Å². The lowest BCUT2D eigenvalue weighted by atomic mass is 10.0. The van der Waals surface area contributed by atoms with Crippen molar-refractivity contribution in [2.75, 3.05) is 0 Å². The Morgan fingerprint density at radius 3 is 2.41 bits per heavy atom. The predicted octanol–water partition coefficient (Wildman–Crippen LogP) is 5.12. The van der Waals surface area contributed by atoms with E-state index in [-0.39, 0.29) is 5.78 Å². The van der Waals surface area contributed by atoms with Crippen LogP contribution in [0, 0.1) is 13.8 Å². The lowest BCUT2D eigenvalue weighted by Crippen LogP contribution is -2.01. The third-order valence-corrected chi connectivity index (χ3v) is 5.75. The number of thiophene rings is 1. The van der Waals surface area contributed by atoms with Gasteiger partial charge in [-0.05, 0) is 57.3 Å². The number of rotatable bonds is 2. The summed E-state index contributed by atoms with van der Waals surface area (Å²) in [6.45, 7) is 4.00. The van der Waals surface area contributed by atoms with E-state index in [1.807, 2.05) is 38.1 Å². The maximum Gasteiger partial charge on any atom is 0.203 e. The zero-order chi connectivity index (χ0) is 12.6. The molecule has 88 valence electrons. The molecule has 2 aromatic rings. The van der Waals surface area contributed by atoms with Crippen LogP contribution in [0.15, 0.2) is 32.5 Å². The molecule has 0 unspecified atom stereocenters. The van der Waals surface area contributed by atoms with Crippen molar-refractivity contribution in [1.82, 2.24) is 0 Å². The van der Waals surface area contributed by atoms with Gasteiger partial charge in [-0.3, -0.25) is 4.79 Å². The first-order valence-corrected chi connectivity index (χ1v) is 7.46. The number of halogens is 2. The molecular weight excluding hydrogens is 364 g/mol. The van der Waals surface area contributed by atoms with Gasteiger partial charge in [0, 0.05) is 10.0 Å². The monoisotopic (exact) mass is 372 g/mol. The average molecular weight is 374 g/mol. The van der Waals surface area contributed by atoms with E-state index in [2.05, 4.69) is 31.9 Å². The molecule has 2 rings (SSSR count). The Bertz CT molecular complexity index is 568. The quantitative estimate of drug-likeness (QED) is 0.667. The summed E-state index contributed by atoms with van der Waals surface area (Å²) in [6.07, 6.45) is 0. The molecule has 0 fully saturated rings. The topological polar surface area (TPSA) is 17.1 Å². The first-order chi connectivity index (χ1) is 7.99. The van der Waals surface area contributed by atoms with E-state index in [0.717, 1.165) is 24.3 Å². The van der Waals surface area contributed by atoms with Crippen molar-refractivity contribution in [1.29, 1.82) is 0 Å². The van der Waals surface area contributed by atoms with E-state index in [1.54, 1.807) is 0 Å². The van der Waals surface area contributed by atoms with E-state index in [0.29, 0.717) is 0 Å². The molecule has 0 saturated heterocycles. The Hall–Kier alpha value is -0.450. The molecule has 0 radical (unpaired) electrons. The fourth-order valence-electron chi connectivity index (χ4n) is 1.66. The molecule has 0 spiro atoms. The summed E-state index contributed by atoms with van der Waals surface area (Å²) in [4.78, 5) is 13.1. The average Bonchev–Trinajstić information content (AvgIpc) is 2.58. The van der Waals surface area contributed by atoms with Crippen molar-refractivity contribution in [2.45, 2.75) is 13.8 Å². The lowest BCUT2D eigenvalue weighted by Gasteiger charge is -2.04. The van der Waals surface area contributed by atoms with Crippen LogP contribution in [0.5, 0.6) is 0 Å². The summed E-state index contributed by atoms with van der Waals surface area (Å²) in [5.41, 5.74) is 2.97. The zero-order valence-electron chi connectivity index (χ0n) is 9.38. The molecule has 0 aliphatic carbocycles. The Labute approximate surface area is 121 Å². The summed E-state index contributed by atoms with van der Waals surface area (Å²) in [6, 6.07) is 7.76. The van der Waals surface area contributed by atoms with Gasteiger partial charge in [-0.15, -0.1) is 11.3 Å². The van der Waals surface area contributed by atoms with Crippen molar-refractivity contribution >= 4 is 49.0 Å². The maximum absolute atomic E-state index is 12.3. The van der Waals surface area contributed by atoms with Crippen molar-refractivity contribution in [2.24, 2.45) is 0 Å². The number of hydrogen-bond acceptors (Lipinski definition) is 2. The largest absolute Gasteiger partial charge is 0.288 e. The van der Waals surface area contributed by atoms with Gasteiger partial charge in [0.05, 0.1) is 8.66 Å². The van der Waals surface area contributed by atoms with Gasteiger partial charge in [-0.1, -0.05) is 23.8 Å². The van der Waals surface area contributed by atoms with Crippen molar-refractivity contribution in [3.05, 3.63) is 54.1 Å². The molecule has 0 saturated carbocycles. The van der Waals surface area contributed by atoms with Gasteiger partial charge in [-0.25, -0.2) is 0 Å². The number of carbonyl (C=O) groups excluding carboxylic acids is 1. The standard InChI is InChI=1S/C13H10Br2OS/c1-7-3-4-9(8(2)5-7)12(16)11-6-10(14)13(15)17-11/h3-6H,1-2H3. The summed E-state index contributed by atoms with van der Waals surface area (Å²) in [5, 5.41) is 0. The van der Waals surface area contributed by atoms with Gasteiger partial charge in [0.15, 0.2) is 0 Å². The van der Waals surface area contributed by atoms with Gasteiger partial charge in [0.2, 0.25) is 5.78 Å². The highest BCUT2D eigenvalue weighted by atomic mass is 79.9. The fraction of sp³-hybridized carbons (Fsp3) is 0.154. The molecule has 0 atom stereocenters. The van der Waals surface area contributed by atoms with Gasteiger partial charge in [0.25, 0.3) is 0 Å². The lowest BCUT2D eigenvalue weighted by molar-refractivity contribution is 0.104. The first kappa shape index (κ1) is 13.0. The third-order valence-electron chi connectivity index (χ3n) is 2.50. The first-order valence-electron chi connectivity index (χ1n) is 5.06. The van der Waals surface area contributed by atoms with Crippen LogP contribution in [0.4, 0.5) is 0 Å². The summed E-state index contributed by atoms with van der Waals surface area (Å²) in [7, 11) is 0. The van der Waals surface area contributed by atoms with Crippen molar-refractivity contribution < 1.29 is 4.79 Å². The minimum atomic E-state index is 0.0823. The molecule has 0 bridgehead atoms. The number of benzene rings is 1. The highest BCUT2D eigenvalue weighted by Crippen LogP contribution is 2.33. The second kappa shape index (κ2) is 5.04. The molecule has 1 aromatic carbocycles. The van der Waals surface area contributed by atoms with Crippen LogP contribution in [0.1, 0.15) is 26.4 Å². The smallest absolute Gasteiger partial charge is 0.203 e. The SMILES string of the molecule is Cc1ccc(C(=O)c2cc(Br)c(Br)s2)c(C)c1. The van der Waals surface area contributed by atoms with Crippen LogP contribution in [-0.2, 0) is 0 Å². The Balaban J connectivity index is 2.43. The van der Waals surface area contributed by atoms with Gasteiger partial charge < -0.3 is 0 Å². The fourth-order valence-corrected chi connectivity index (χ4v) is 3.65. The van der Waals surface area contributed by atoms with Crippen LogP contribution < -0.4 is 0 Å². The van der Waals surface area contributed by atoms with Crippen molar-refractivity contribution in [3.63, 3.8) is 0 Å². The van der Waals surface area contributed by atoms with Gasteiger partial charge in [-0.2, -0.15) is 0 Å². The summed E-state index contributed by atoms with van der Waals surface area (Å²) < 4.78 is 1.88. The molecule has 0 aliphatic heterocycles. The molecule has 4 heteroatoms. The minimum absolute atomic E-state index is 0.0823. The molecular formula is C13H10Br2OS. The maximum atomic E-state index is 12.3. The molecule has 1 heterocycles. The molecule has 17 heavy (non-hydrogen) atoms. The zero-order valence-corrected chi connectivity index (χ0v) is 13.4. The second-order valence-electron chi connectivity index (χ2n) is 3.88. The van der Waals surface area contributed by atoms with Crippen molar-refractivity contribution in [3.8, 4) is 0 Å². The Morgan fingerprint density at radius 1 is 1.18 bits per heavy atom. The highest BCUT2D eigenvalue weighted by Gasteiger charge is 2.15. The molecule has 1 aromatic heterocycles. The summed E-state index contributed by atoms with van der Waals surface area (Å²) >= 11 is 8.26. The minimum Gasteiger partial charge on any atom is -0.288 e. The molecule has 0 aliphatic rings. The second-order valence-corrected chi connectivity index (χ2v) is 7.10. The van der Waals surface area contributed by atoms with Crippen LogP contribution >= 0.6 is 43.2 Å². The molecule has 0 N–H and O–H groups in total. The predicted molar refractivity (Wildman–Crippen MR) is 79.1 cm³/mol. The Kier molecular flexibility index (Phi) is 3.85. The summed E-state index contributed by atoms with van der Waals surface area (Å²) in [5.74, 6) is 0.0823. The van der Waals surface area contributed by atoms with Crippen LogP contribution in [0.25, 0.3) is 0 Å². The van der Waals surface area contributed by atoms with Gasteiger partial charge in [0.1, 0.15) is 0 Å². The van der Waals surface area contributed by atoms with E-state index < -0.39 is 0 Å². The number of aryl methyl sites for hydroxylation is 2. The van der Waals surface area contributed by atoms with E-state index in [1.165, 1.54) is 16.9 Å². The van der Waals surface area contributed by atoms with E-state index in [4.69, 9.17) is 0 Å². The van der Waals surface area contributed by atoms with E-state index in [9.17, 15) is 4.79 Å².